The number of nitrogens with zero attached hydrogens (tertiary/aromatic N) is 1. The van der Waals surface area contributed by atoms with E-state index >= 15 is 0 Å². The van der Waals surface area contributed by atoms with Crippen molar-refractivity contribution in [1.82, 2.24) is 4.90 Å². The minimum Gasteiger partial charge on any atom is -0.491 e. The molecule has 0 radical (unpaired) electrons. The summed E-state index contributed by atoms with van der Waals surface area (Å²) >= 11 is 0. The van der Waals surface area contributed by atoms with Crippen LogP contribution in [0.1, 0.15) is 28.8 Å². The van der Waals surface area contributed by atoms with Gasteiger partial charge in [-0.1, -0.05) is 12.1 Å². The maximum Gasteiger partial charge on any atom is 0.150 e. The first-order valence-corrected chi connectivity index (χ1v) is 9.57. The normalized spacial score (nSPS) is 17.6. The molecule has 0 aliphatic carbocycles. The van der Waals surface area contributed by atoms with Gasteiger partial charge >= 0.3 is 0 Å². The molecule has 0 aromatic heterocycles. The lowest BCUT2D eigenvalue weighted by molar-refractivity contribution is 0.0313. The van der Waals surface area contributed by atoms with Gasteiger partial charge in [-0.3, -0.25) is 9.69 Å². The highest BCUT2D eigenvalue weighted by Crippen LogP contribution is 2.16. The third kappa shape index (κ3) is 6.41. The molecule has 5 nitrogen and oxygen atoms in total. The molecule has 2 unspecified atom stereocenters. The molecular formula is C22H26FNO4. The zero-order valence-corrected chi connectivity index (χ0v) is 15.8. The summed E-state index contributed by atoms with van der Waals surface area (Å²) in [4.78, 5) is 12.8. The van der Waals surface area contributed by atoms with Crippen LogP contribution < -0.4 is 4.74 Å². The van der Waals surface area contributed by atoms with Crippen molar-refractivity contribution in [2.24, 2.45) is 0 Å². The van der Waals surface area contributed by atoms with Crippen molar-refractivity contribution in [2.75, 3.05) is 26.3 Å². The number of aldehydes is 1. The topological polar surface area (TPSA) is 59.0 Å². The number of rotatable bonds is 10. The number of aliphatic hydroxyl groups is 1. The van der Waals surface area contributed by atoms with Gasteiger partial charge in [0.1, 0.15) is 30.6 Å². The number of halogens is 1. The molecule has 28 heavy (non-hydrogen) atoms. The maximum absolute atomic E-state index is 13.2. The van der Waals surface area contributed by atoms with Crippen LogP contribution in [-0.4, -0.2) is 54.8 Å². The molecule has 2 aromatic rings. The Hall–Kier alpha value is -2.28. The van der Waals surface area contributed by atoms with Crippen molar-refractivity contribution in [3.8, 4) is 5.75 Å². The second-order valence-corrected chi connectivity index (χ2v) is 7.11. The Kier molecular flexibility index (Phi) is 7.54. The Bertz CT molecular complexity index is 729. The fourth-order valence-electron chi connectivity index (χ4n) is 3.31. The number of hydrogen-bond donors (Lipinski definition) is 1. The van der Waals surface area contributed by atoms with Gasteiger partial charge in [0.2, 0.25) is 0 Å². The summed E-state index contributed by atoms with van der Waals surface area (Å²) < 4.78 is 24.5. The van der Waals surface area contributed by atoms with Crippen molar-refractivity contribution in [3.63, 3.8) is 0 Å². The van der Waals surface area contributed by atoms with Crippen LogP contribution in [0.2, 0.25) is 0 Å². The van der Waals surface area contributed by atoms with E-state index in [1.54, 1.807) is 36.4 Å². The van der Waals surface area contributed by atoms with Crippen LogP contribution in [-0.2, 0) is 11.3 Å². The molecule has 1 heterocycles. The van der Waals surface area contributed by atoms with E-state index in [1.165, 1.54) is 12.1 Å². The SMILES string of the molecule is O=Cc1ccc(OCC(O)CN(Cc2ccc(F)cc2)CC2CCCO2)cc1. The Balaban J connectivity index is 1.55. The fourth-order valence-corrected chi connectivity index (χ4v) is 3.31. The zero-order valence-electron chi connectivity index (χ0n) is 15.8. The van der Waals surface area contributed by atoms with Crippen LogP contribution in [0, 0.1) is 5.82 Å². The van der Waals surface area contributed by atoms with Gasteiger partial charge in [-0.25, -0.2) is 4.39 Å². The van der Waals surface area contributed by atoms with Crippen LogP contribution in [0.4, 0.5) is 4.39 Å². The van der Waals surface area contributed by atoms with Crippen molar-refractivity contribution in [2.45, 2.75) is 31.6 Å². The number of ether oxygens (including phenoxy) is 2. The molecule has 0 spiro atoms. The largest absolute Gasteiger partial charge is 0.491 e. The molecule has 1 aliphatic rings. The first kappa shape index (κ1) is 20.5. The van der Waals surface area contributed by atoms with Crippen molar-refractivity contribution < 1.29 is 23.8 Å². The van der Waals surface area contributed by atoms with Crippen LogP contribution in [0.5, 0.6) is 5.75 Å². The number of aliphatic hydroxyl groups excluding tert-OH is 1. The lowest BCUT2D eigenvalue weighted by atomic mass is 10.1. The van der Waals surface area contributed by atoms with Crippen LogP contribution in [0.15, 0.2) is 48.5 Å². The summed E-state index contributed by atoms with van der Waals surface area (Å²) in [5.74, 6) is 0.345. The minimum absolute atomic E-state index is 0.145. The first-order chi connectivity index (χ1) is 13.6. The Morgan fingerprint density at radius 2 is 1.96 bits per heavy atom. The summed E-state index contributed by atoms with van der Waals surface area (Å²) in [5, 5.41) is 10.5. The smallest absolute Gasteiger partial charge is 0.150 e. The Labute approximate surface area is 164 Å². The average Bonchev–Trinajstić information content (AvgIpc) is 3.21. The molecular weight excluding hydrogens is 361 g/mol. The standard InChI is InChI=1S/C22H26FNO4/c23-19-7-3-17(4-8-19)12-24(14-22-2-1-11-27-22)13-20(26)16-28-21-9-5-18(15-25)6-10-21/h3-10,15,20,22,26H,1-2,11-14,16H2. The fraction of sp³-hybridized carbons (Fsp3) is 0.409. The highest BCUT2D eigenvalue weighted by molar-refractivity contribution is 5.74. The molecule has 2 atom stereocenters. The van der Waals surface area contributed by atoms with Gasteiger partial charge in [0.15, 0.2) is 0 Å². The van der Waals surface area contributed by atoms with Crippen molar-refractivity contribution in [3.05, 3.63) is 65.5 Å². The molecule has 1 N–H and O–H groups in total. The Morgan fingerprint density at radius 1 is 1.21 bits per heavy atom. The molecule has 150 valence electrons. The van der Waals surface area contributed by atoms with E-state index in [2.05, 4.69) is 4.90 Å². The zero-order chi connectivity index (χ0) is 19.8. The van der Waals surface area contributed by atoms with Gasteiger partial charge in [0.05, 0.1) is 6.10 Å². The van der Waals surface area contributed by atoms with E-state index in [-0.39, 0.29) is 18.5 Å². The highest BCUT2D eigenvalue weighted by atomic mass is 19.1. The quantitative estimate of drug-likeness (QED) is 0.635. The van der Waals surface area contributed by atoms with E-state index in [4.69, 9.17) is 9.47 Å². The van der Waals surface area contributed by atoms with Gasteiger partial charge in [0.25, 0.3) is 0 Å². The number of carbonyl (C=O) groups excluding carboxylic acids is 1. The van der Waals surface area contributed by atoms with E-state index in [0.29, 0.717) is 30.9 Å². The molecule has 1 fully saturated rings. The molecule has 0 bridgehead atoms. The second kappa shape index (κ2) is 10.3. The van der Waals surface area contributed by atoms with Crippen molar-refractivity contribution >= 4 is 6.29 Å². The molecule has 1 saturated heterocycles. The lowest BCUT2D eigenvalue weighted by Gasteiger charge is -2.27. The third-order valence-electron chi connectivity index (χ3n) is 4.73. The van der Waals surface area contributed by atoms with Gasteiger partial charge < -0.3 is 14.6 Å². The van der Waals surface area contributed by atoms with E-state index in [0.717, 1.165) is 31.3 Å². The summed E-state index contributed by atoms with van der Waals surface area (Å²) in [6.07, 6.45) is 2.31. The molecule has 6 heteroatoms. The van der Waals surface area contributed by atoms with E-state index < -0.39 is 6.10 Å². The molecule has 1 aliphatic heterocycles. The van der Waals surface area contributed by atoms with E-state index in [9.17, 15) is 14.3 Å². The summed E-state index contributed by atoms with van der Waals surface area (Å²) in [5.41, 5.74) is 1.56. The van der Waals surface area contributed by atoms with E-state index in [1.807, 2.05) is 0 Å². The number of benzene rings is 2. The first-order valence-electron chi connectivity index (χ1n) is 9.57. The summed E-state index contributed by atoms with van der Waals surface area (Å²) in [6.45, 7) is 2.65. The van der Waals surface area contributed by atoms with Gasteiger partial charge in [-0.2, -0.15) is 0 Å². The third-order valence-corrected chi connectivity index (χ3v) is 4.73. The van der Waals surface area contributed by atoms with Crippen molar-refractivity contribution in [1.29, 1.82) is 0 Å². The van der Waals surface area contributed by atoms with Crippen LogP contribution in [0.25, 0.3) is 0 Å². The predicted octanol–water partition coefficient (Wildman–Crippen LogP) is 3.06. The number of carbonyl (C=O) groups is 1. The predicted molar refractivity (Wildman–Crippen MR) is 104 cm³/mol. The van der Waals surface area contributed by atoms with Gasteiger partial charge in [0, 0.05) is 31.8 Å². The summed E-state index contributed by atoms with van der Waals surface area (Å²) in [7, 11) is 0. The van der Waals surface area contributed by atoms with Crippen LogP contribution >= 0.6 is 0 Å². The number of hydrogen-bond acceptors (Lipinski definition) is 5. The molecule has 3 rings (SSSR count). The molecule has 0 amide bonds. The monoisotopic (exact) mass is 387 g/mol. The second-order valence-electron chi connectivity index (χ2n) is 7.11. The average molecular weight is 387 g/mol. The summed E-state index contributed by atoms with van der Waals surface area (Å²) in [6, 6.07) is 13.2. The highest BCUT2D eigenvalue weighted by Gasteiger charge is 2.21. The van der Waals surface area contributed by atoms with Crippen LogP contribution in [0.3, 0.4) is 0 Å². The molecule has 0 saturated carbocycles. The van der Waals surface area contributed by atoms with Gasteiger partial charge in [-0.15, -0.1) is 0 Å². The Morgan fingerprint density at radius 3 is 2.61 bits per heavy atom. The minimum atomic E-state index is -0.687. The van der Waals surface area contributed by atoms with Gasteiger partial charge in [-0.05, 0) is 54.8 Å². The maximum atomic E-state index is 13.2. The lowest BCUT2D eigenvalue weighted by Crippen LogP contribution is -2.39. The molecule has 2 aromatic carbocycles.